The Kier molecular flexibility index (Phi) is 7.57. The smallest absolute Gasteiger partial charge is 0.317 e. The first kappa shape index (κ1) is 27.0. The molecule has 0 bridgehead atoms. The SMILES string of the molecule is CC#Cc1occc1[C@H]1CC(=O)[C@@H]2CC[C@]3(C)[C@H](C(=O)[C@@H](OC(=O)CSC#N)C[C@H]3C(=O)OC)[C@@]2(C)C1. The van der Waals surface area contributed by atoms with Crippen molar-refractivity contribution in [3.63, 3.8) is 0 Å². The van der Waals surface area contributed by atoms with Gasteiger partial charge in [-0.05, 0) is 66.7 Å². The van der Waals surface area contributed by atoms with Gasteiger partial charge in [0, 0.05) is 30.2 Å². The summed E-state index contributed by atoms with van der Waals surface area (Å²) in [6.45, 7) is 5.62. The van der Waals surface area contributed by atoms with Gasteiger partial charge in [-0.1, -0.05) is 19.8 Å². The molecule has 0 amide bonds. The van der Waals surface area contributed by atoms with Crippen molar-refractivity contribution in [1.82, 2.24) is 0 Å². The number of ether oxygens (including phenoxy) is 2. The number of hydrogen-bond donors (Lipinski definition) is 0. The zero-order valence-electron chi connectivity index (χ0n) is 21.5. The molecule has 1 heterocycles. The lowest BCUT2D eigenvalue weighted by molar-refractivity contribution is -0.193. The molecule has 8 nitrogen and oxygen atoms in total. The van der Waals surface area contributed by atoms with Gasteiger partial charge in [-0.3, -0.25) is 19.2 Å². The molecule has 0 unspecified atom stereocenters. The van der Waals surface area contributed by atoms with E-state index in [0.29, 0.717) is 31.4 Å². The maximum atomic E-state index is 14.1. The number of thioether (sulfide) groups is 1. The third kappa shape index (κ3) is 4.59. The number of Topliss-reactive ketones (excluding diaryl/α,β-unsaturated/α-hetero) is 2. The number of hydrogen-bond acceptors (Lipinski definition) is 9. The second-order valence-corrected chi connectivity index (χ2v) is 11.5. The Bertz CT molecular complexity index is 1220. The molecular formula is C28H31NO7S. The highest BCUT2D eigenvalue weighted by Crippen LogP contribution is 2.65. The molecule has 7 atom stereocenters. The number of thiocyanates is 1. The molecule has 196 valence electrons. The van der Waals surface area contributed by atoms with Crippen molar-refractivity contribution in [2.75, 3.05) is 12.9 Å². The zero-order chi connectivity index (χ0) is 27.0. The van der Waals surface area contributed by atoms with Gasteiger partial charge < -0.3 is 13.9 Å². The average Bonchev–Trinajstić information content (AvgIpc) is 3.31. The van der Waals surface area contributed by atoms with Gasteiger partial charge in [-0.15, -0.1) is 0 Å². The van der Waals surface area contributed by atoms with Crippen LogP contribution >= 0.6 is 11.8 Å². The van der Waals surface area contributed by atoms with Gasteiger partial charge in [0.05, 0.1) is 19.3 Å². The van der Waals surface area contributed by atoms with E-state index >= 15 is 0 Å². The van der Waals surface area contributed by atoms with Crippen LogP contribution in [0.4, 0.5) is 0 Å². The molecule has 3 saturated carbocycles. The Morgan fingerprint density at radius 3 is 2.70 bits per heavy atom. The minimum atomic E-state index is -1.14. The highest BCUT2D eigenvalue weighted by molar-refractivity contribution is 8.04. The maximum absolute atomic E-state index is 14.1. The van der Waals surface area contributed by atoms with Gasteiger partial charge in [-0.2, -0.15) is 5.26 Å². The van der Waals surface area contributed by atoms with Gasteiger partial charge in [-0.25, -0.2) is 0 Å². The molecule has 9 heteroatoms. The molecule has 1 aromatic heterocycles. The molecule has 4 rings (SSSR count). The molecule has 0 saturated heterocycles. The first-order valence-electron chi connectivity index (χ1n) is 12.5. The number of nitriles is 1. The van der Waals surface area contributed by atoms with Crippen molar-refractivity contribution >= 4 is 35.3 Å². The first-order chi connectivity index (χ1) is 17.6. The van der Waals surface area contributed by atoms with E-state index < -0.39 is 40.7 Å². The summed E-state index contributed by atoms with van der Waals surface area (Å²) in [5.41, 5.74) is -0.680. The van der Waals surface area contributed by atoms with E-state index in [4.69, 9.17) is 19.2 Å². The van der Waals surface area contributed by atoms with Crippen LogP contribution in [0.5, 0.6) is 0 Å². The van der Waals surface area contributed by atoms with Gasteiger partial charge in [0.1, 0.15) is 16.9 Å². The summed E-state index contributed by atoms with van der Waals surface area (Å²) >= 11 is 0.725. The lowest BCUT2D eigenvalue weighted by Gasteiger charge is -2.61. The largest absolute Gasteiger partial charge is 0.469 e. The van der Waals surface area contributed by atoms with Crippen molar-refractivity contribution in [1.29, 1.82) is 5.26 Å². The van der Waals surface area contributed by atoms with E-state index in [0.717, 1.165) is 17.3 Å². The van der Waals surface area contributed by atoms with Crippen LogP contribution in [0.3, 0.4) is 0 Å². The van der Waals surface area contributed by atoms with Crippen molar-refractivity contribution < 1.29 is 33.1 Å². The Morgan fingerprint density at radius 1 is 1.27 bits per heavy atom. The topological polar surface area (TPSA) is 124 Å². The second kappa shape index (κ2) is 10.4. The van der Waals surface area contributed by atoms with Crippen LogP contribution in [0.2, 0.25) is 0 Å². The summed E-state index contributed by atoms with van der Waals surface area (Å²) in [4.78, 5) is 53.1. The van der Waals surface area contributed by atoms with Crippen molar-refractivity contribution in [3.8, 4) is 17.2 Å². The molecule has 3 aliphatic carbocycles. The molecule has 3 fully saturated rings. The van der Waals surface area contributed by atoms with Crippen molar-refractivity contribution in [3.05, 3.63) is 23.7 Å². The van der Waals surface area contributed by atoms with Crippen LogP contribution in [0.1, 0.15) is 70.1 Å². The van der Waals surface area contributed by atoms with Crippen molar-refractivity contribution in [2.45, 2.75) is 64.9 Å². The van der Waals surface area contributed by atoms with Crippen molar-refractivity contribution in [2.24, 2.45) is 28.6 Å². The van der Waals surface area contributed by atoms with E-state index in [1.165, 1.54) is 7.11 Å². The molecule has 0 spiro atoms. The minimum Gasteiger partial charge on any atom is -0.469 e. The standard InChI is InChI=1S/C28H31NO7S/c1-5-6-21-17(8-10-35-21)16-11-20(30)18-7-9-27(2)19(26(33)34-4)12-22(36-23(31)14-37-15-29)24(32)25(27)28(18,3)13-16/h8,10,16,18-19,22,25H,7,9,11-14H2,1-4H3/t16-,18-,19-,22-,25-,27-,28-/m0/s1. The molecule has 3 aliphatic rings. The minimum absolute atomic E-state index is 0.0254. The van der Waals surface area contributed by atoms with E-state index in [2.05, 4.69) is 11.8 Å². The molecule has 0 aromatic carbocycles. The third-order valence-electron chi connectivity index (χ3n) is 8.84. The summed E-state index contributed by atoms with van der Waals surface area (Å²) in [7, 11) is 1.31. The van der Waals surface area contributed by atoms with Gasteiger partial charge in [0.15, 0.2) is 17.6 Å². The van der Waals surface area contributed by atoms with E-state index in [1.54, 1.807) is 13.2 Å². The fraction of sp³-hybridized carbons (Fsp3) is 0.607. The molecule has 0 N–H and O–H groups in total. The lowest BCUT2D eigenvalue weighted by atomic mass is 9.41. The average molecular weight is 526 g/mol. The number of carbonyl (C=O) groups is 4. The lowest BCUT2D eigenvalue weighted by Crippen LogP contribution is -2.64. The second-order valence-electron chi connectivity index (χ2n) is 10.8. The quantitative estimate of drug-likeness (QED) is 0.318. The Labute approximate surface area is 220 Å². The molecule has 37 heavy (non-hydrogen) atoms. The van der Waals surface area contributed by atoms with Gasteiger partial charge >= 0.3 is 11.9 Å². The summed E-state index contributed by atoms with van der Waals surface area (Å²) < 4.78 is 16.2. The van der Waals surface area contributed by atoms with E-state index in [1.807, 2.05) is 25.3 Å². The zero-order valence-corrected chi connectivity index (χ0v) is 22.3. The van der Waals surface area contributed by atoms with E-state index in [9.17, 15) is 19.2 Å². The molecule has 1 aromatic rings. The summed E-state index contributed by atoms with van der Waals surface area (Å²) in [6.07, 6.45) is 2.40. The fourth-order valence-electron chi connectivity index (χ4n) is 7.45. The van der Waals surface area contributed by atoms with E-state index in [-0.39, 0.29) is 35.6 Å². The van der Waals surface area contributed by atoms with Crippen LogP contribution in [-0.4, -0.2) is 42.5 Å². The van der Waals surface area contributed by atoms with Gasteiger partial charge in [0.2, 0.25) is 0 Å². The predicted octanol–water partition coefficient (Wildman–Crippen LogP) is 4.02. The third-order valence-corrected chi connectivity index (χ3v) is 9.35. The Morgan fingerprint density at radius 2 is 2.03 bits per heavy atom. The number of fused-ring (bicyclic) bond motifs is 3. The van der Waals surface area contributed by atoms with Crippen LogP contribution in [0.15, 0.2) is 16.7 Å². The highest BCUT2D eigenvalue weighted by Gasteiger charge is 2.67. The number of esters is 2. The monoisotopic (exact) mass is 525 g/mol. The first-order valence-corrected chi connectivity index (χ1v) is 13.4. The summed E-state index contributed by atoms with van der Waals surface area (Å²) in [6, 6.07) is 1.83. The normalized spacial score (nSPS) is 34.7. The number of ketones is 2. The summed E-state index contributed by atoms with van der Waals surface area (Å²) in [5.74, 6) is 2.88. The highest BCUT2D eigenvalue weighted by atomic mass is 32.2. The van der Waals surface area contributed by atoms with Crippen LogP contribution in [0.25, 0.3) is 0 Å². The number of methoxy groups -OCH3 is 1. The number of rotatable bonds is 5. The molecule has 0 aliphatic heterocycles. The maximum Gasteiger partial charge on any atom is 0.317 e. The Hall–Kier alpha value is -3.04. The predicted molar refractivity (Wildman–Crippen MR) is 134 cm³/mol. The van der Waals surface area contributed by atoms with Gasteiger partial charge in [0.25, 0.3) is 0 Å². The Balaban J connectivity index is 1.76. The number of carbonyl (C=O) groups excluding carboxylic acids is 4. The number of furan rings is 1. The molecule has 0 radical (unpaired) electrons. The summed E-state index contributed by atoms with van der Waals surface area (Å²) in [5, 5.41) is 10.6. The fourth-order valence-corrected chi connectivity index (χ4v) is 7.70. The van der Waals surface area contributed by atoms with Crippen LogP contribution in [-0.2, 0) is 28.7 Å². The van der Waals surface area contributed by atoms with Crippen LogP contribution < -0.4 is 0 Å². The molecular weight excluding hydrogens is 494 g/mol. The van der Waals surface area contributed by atoms with Crippen LogP contribution in [0, 0.1) is 51.1 Å². The number of nitrogens with zero attached hydrogens (tertiary/aromatic N) is 1.